The molecule has 2 aliphatic rings. The highest BCUT2D eigenvalue weighted by Gasteiger charge is 2.30. The normalized spacial score (nSPS) is 16.5. The van der Waals surface area contributed by atoms with Crippen LogP contribution < -0.4 is 4.74 Å². The van der Waals surface area contributed by atoms with Crippen LogP contribution in [0.15, 0.2) is 48.0 Å². The third-order valence-corrected chi connectivity index (χ3v) is 4.98. The molecular weight excluding hydrogens is 355 g/mol. The van der Waals surface area contributed by atoms with Crippen LogP contribution in [0.3, 0.4) is 0 Å². The predicted molar refractivity (Wildman–Crippen MR) is 95.1 cm³/mol. The highest BCUT2D eigenvalue weighted by atomic mass is 19.3. The Balaban J connectivity index is 1.89. The van der Waals surface area contributed by atoms with Crippen molar-refractivity contribution in [3.63, 3.8) is 0 Å². The fourth-order valence-corrected chi connectivity index (χ4v) is 3.62. The number of likely N-dealkylation sites (tertiary alicyclic amines) is 1. The lowest BCUT2D eigenvalue weighted by atomic mass is 9.89. The summed E-state index contributed by atoms with van der Waals surface area (Å²) in [5.74, 6) is -0.114. The van der Waals surface area contributed by atoms with Gasteiger partial charge in [-0.2, -0.15) is 0 Å². The van der Waals surface area contributed by atoms with E-state index in [1.165, 1.54) is 30.3 Å². The van der Waals surface area contributed by atoms with Gasteiger partial charge < -0.3 is 9.64 Å². The van der Waals surface area contributed by atoms with Crippen LogP contribution in [0.4, 0.5) is 13.2 Å². The van der Waals surface area contributed by atoms with Gasteiger partial charge in [-0.3, -0.25) is 4.79 Å². The van der Waals surface area contributed by atoms with E-state index < -0.39 is 12.2 Å². The van der Waals surface area contributed by atoms with Crippen molar-refractivity contribution >= 4 is 11.5 Å². The molecule has 0 aliphatic carbocycles. The minimum atomic E-state index is -2.63. The maximum atomic E-state index is 13.4. The number of alkyl halides is 2. The van der Waals surface area contributed by atoms with Gasteiger partial charge in [0.1, 0.15) is 18.2 Å². The van der Waals surface area contributed by atoms with E-state index in [0.29, 0.717) is 41.1 Å². The van der Waals surface area contributed by atoms with Gasteiger partial charge in [-0.1, -0.05) is 12.1 Å². The number of benzene rings is 2. The van der Waals surface area contributed by atoms with E-state index in [4.69, 9.17) is 4.74 Å². The molecule has 0 saturated carbocycles. The molecule has 0 atom stereocenters. The Morgan fingerprint density at radius 1 is 1.04 bits per heavy atom. The number of hydrogen-bond acceptors (Lipinski definition) is 2. The third-order valence-electron chi connectivity index (χ3n) is 4.98. The van der Waals surface area contributed by atoms with E-state index in [1.54, 1.807) is 17.0 Å². The lowest BCUT2D eigenvalue weighted by molar-refractivity contribution is -0.126. The molecule has 0 N–H and O–H groups in total. The summed E-state index contributed by atoms with van der Waals surface area (Å²) in [7, 11) is 0. The molecule has 1 fully saturated rings. The van der Waals surface area contributed by atoms with Crippen LogP contribution in [0.1, 0.15) is 36.0 Å². The number of hydrogen-bond donors (Lipinski definition) is 0. The van der Waals surface area contributed by atoms with Gasteiger partial charge in [-0.15, -0.1) is 0 Å². The summed E-state index contributed by atoms with van der Waals surface area (Å²) in [6.07, 6.45) is -0.750. The summed E-state index contributed by atoms with van der Waals surface area (Å²) in [6, 6.07) is 9.89. The number of ether oxygens (including phenoxy) is 1. The molecule has 1 saturated heterocycles. The highest BCUT2D eigenvalue weighted by Crippen LogP contribution is 2.40. The maximum Gasteiger partial charge on any atom is 0.263 e. The second kappa shape index (κ2) is 7.10. The van der Waals surface area contributed by atoms with E-state index in [1.807, 2.05) is 0 Å². The average molecular weight is 373 g/mol. The first-order valence-electron chi connectivity index (χ1n) is 8.88. The van der Waals surface area contributed by atoms with Crippen molar-refractivity contribution in [3.8, 4) is 5.75 Å². The molecule has 0 radical (unpaired) electrons. The van der Waals surface area contributed by atoms with Crippen LogP contribution in [0.25, 0.3) is 5.57 Å². The van der Waals surface area contributed by atoms with Crippen molar-refractivity contribution in [1.82, 2.24) is 4.90 Å². The summed E-state index contributed by atoms with van der Waals surface area (Å²) in [5, 5.41) is 0. The molecule has 0 spiro atoms. The molecule has 0 bridgehead atoms. The summed E-state index contributed by atoms with van der Waals surface area (Å²) in [5.41, 5.74) is 1.85. The Hall–Kier alpha value is -2.76. The molecule has 3 nitrogen and oxygen atoms in total. The van der Waals surface area contributed by atoms with Crippen molar-refractivity contribution in [3.05, 3.63) is 70.5 Å². The zero-order valence-electron chi connectivity index (χ0n) is 14.6. The smallest absolute Gasteiger partial charge is 0.263 e. The van der Waals surface area contributed by atoms with Crippen molar-refractivity contribution < 1.29 is 22.7 Å². The molecule has 2 aromatic carbocycles. The second-order valence-electron chi connectivity index (χ2n) is 6.70. The number of rotatable bonds is 3. The second-order valence-corrected chi connectivity index (χ2v) is 6.70. The van der Waals surface area contributed by atoms with E-state index >= 15 is 0 Å². The zero-order valence-corrected chi connectivity index (χ0v) is 14.6. The van der Waals surface area contributed by atoms with Crippen LogP contribution in [0.2, 0.25) is 0 Å². The predicted octanol–water partition coefficient (Wildman–Crippen LogP) is 4.58. The van der Waals surface area contributed by atoms with Gasteiger partial charge in [0.15, 0.2) is 0 Å². The fourth-order valence-electron chi connectivity index (χ4n) is 3.62. The van der Waals surface area contributed by atoms with Gasteiger partial charge in [-0.25, -0.2) is 13.2 Å². The van der Waals surface area contributed by atoms with Gasteiger partial charge >= 0.3 is 0 Å². The summed E-state index contributed by atoms with van der Waals surface area (Å²) >= 11 is 0. The van der Waals surface area contributed by atoms with Crippen LogP contribution in [0, 0.1) is 5.82 Å². The lowest BCUT2D eigenvalue weighted by Gasteiger charge is -2.27. The van der Waals surface area contributed by atoms with Gasteiger partial charge in [-0.05, 0) is 48.7 Å². The topological polar surface area (TPSA) is 29.5 Å². The number of fused-ring (bicyclic) bond motifs is 1. The number of carbonyl (C=O) groups excluding carboxylic acids is 1. The van der Waals surface area contributed by atoms with Crippen LogP contribution in [-0.4, -0.2) is 30.5 Å². The first kappa shape index (κ1) is 17.6. The Morgan fingerprint density at radius 3 is 2.41 bits per heavy atom. The summed E-state index contributed by atoms with van der Waals surface area (Å²) in [4.78, 5) is 14.8. The van der Waals surface area contributed by atoms with Gasteiger partial charge in [0, 0.05) is 29.8 Å². The number of carbonyl (C=O) groups is 1. The maximum absolute atomic E-state index is 13.4. The van der Waals surface area contributed by atoms with Crippen LogP contribution >= 0.6 is 0 Å². The van der Waals surface area contributed by atoms with E-state index in [-0.39, 0.29) is 18.1 Å². The van der Waals surface area contributed by atoms with Gasteiger partial charge in [0.25, 0.3) is 12.3 Å². The van der Waals surface area contributed by atoms with Crippen LogP contribution in [0.5, 0.6) is 5.75 Å². The molecule has 140 valence electrons. The van der Waals surface area contributed by atoms with Gasteiger partial charge in [0.05, 0.1) is 5.57 Å². The van der Waals surface area contributed by atoms with Crippen molar-refractivity contribution in [2.24, 2.45) is 0 Å². The highest BCUT2D eigenvalue weighted by molar-refractivity contribution is 6.06. The van der Waals surface area contributed by atoms with Crippen molar-refractivity contribution in [2.75, 3.05) is 19.7 Å². The Labute approximate surface area is 155 Å². The van der Waals surface area contributed by atoms with Crippen LogP contribution in [-0.2, 0) is 4.79 Å². The summed E-state index contributed by atoms with van der Waals surface area (Å²) in [6.45, 7) is 1.40. The molecule has 2 heterocycles. The molecular formula is C21H18F3NO2. The molecule has 0 aromatic heterocycles. The minimum absolute atomic E-state index is 0.0586. The molecule has 27 heavy (non-hydrogen) atoms. The average Bonchev–Trinajstić information content (AvgIpc) is 3.21. The first-order chi connectivity index (χ1) is 13.0. The molecule has 2 aromatic rings. The third kappa shape index (κ3) is 3.31. The quantitative estimate of drug-likeness (QED) is 0.788. The number of nitrogens with zero attached hydrogens (tertiary/aromatic N) is 1. The van der Waals surface area contributed by atoms with E-state index in [2.05, 4.69) is 0 Å². The Bertz CT molecular complexity index is 900. The fraction of sp³-hybridized carbons (Fsp3) is 0.286. The van der Waals surface area contributed by atoms with Crippen molar-refractivity contribution in [1.29, 1.82) is 0 Å². The minimum Gasteiger partial charge on any atom is -0.488 e. The van der Waals surface area contributed by atoms with Crippen molar-refractivity contribution in [2.45, 2.75) is 19.3 Å². The standard InChI is InChI=1S/C21H18F3NO2/c22-15-6-3-13(4-7-15)19-16-11-14(20(23)24)5-8-18(16)27-12-17(19)21(26)25-9-1-2-10-25/h3-8,11,20H,1-2,9-10,12H2. The molecule has 1 amide bonds. The number of halogens is 3. The molecule has 6 heteroatoms. The van der Waals surface area contributed by atoms with E-state index in [9.17, 15) is 18.0 Å². The van der Waals surface area contributed by atoms with Gasteiger partial charge in [0.2, 0.25) is 0 Å². The molecule has 4 rings (SSSR count). The Morgan fingerprint density at radius 2 is 1.74 bits per heavy atom. The monoisotopic (exact) mass is 373 g/mol. The number of amides is 1. The van der Waals surface area contributed by atoms with E-state index in [0.717, 1.165) is 12.8 Å². The largest absolute Gasteiger partial charge is 0.488 e. The first-order valence-corrected chi connectivity index (χ1v) is 8.88. The lowest BCUT2D eigenvalue weighted by Crippen LogP contribution is -2.33. The SMILES string of the molecule is O=C(C1=C(c2ccc(F)cc2)c2cc(C(F)F)ccc2OC1)N1CCCC1. The Kier molecular flexibility index (Phi) is 4.64. The summed E-state index contributed by atoms with van der Waals surface area (Å²) < 4.78 is 45.6. The molecule has 0 unspecified atom stereocenters. The molecule has 2 aliphatic heterocycles. The zero-order chi connectivity index (χ0) is 19.0.